The molecule has 0 saturated carbocycles. The number of benzene rings is 2. The minimum atomic E-state index is -4.55. The summed E-state index contributed by atoms with van der Waals surface area (Å²) in [5.74, 6) is -4.56. The average Bonchev–Trinajstić information content (AvgIpc) is 2.80. The van der Waals surface area contributed by atoms with Gasteiger partial charge in [0, 0.05) is 13.1 Å². The third kappa shape index (κ3) is 5.54. The van der Waals surface area contributed by atoms with Gasteiger partial charge in [0.05, 0.1) is 11.1 Å². The normalized spacial score (nSPS) is 11.7. The fourth-order valence-electron chi connectivity index (χ4n) is 2.61. The van der Waals surface area contributed by atoms with Crippen LogP contribution >= 0.6 is 0 Å². The summed E-state index contributed by atoms with van der Waals surface area (Å²) < 4.78 is 77.5. The summed E-state index contributed by atoms with van der Waals surface area (Å²) in [6.45, 7) is 0. The maximum absolute atomic E-state index is 14.9. The summed E-state index contributed by atoms with van der Waals surface area (Å²) in [6, 6.07) is 6.50. The smallest absolute Gasteiger partial charge is 0.416 e. The Morgan fingerprint density at radius 3 is 2.24 bits per heavy atom. The Morgan fingerprint density at radius 2 is 1.65 bits per heavy atom. The molecule has 0 saturated heterocycles. The first-order valence-corrected chi connectivity index (χ1v) is 9.30. The Hall–Kier alpha value is -4.29. The van der Waals surface area contributed by atoms with Gasteiger partial charge in [0.15, 0.2) is 5.71 Å². The number of oxime groups is 1. The van der Waals surface area contributed by atoms with Gasteiger partial charge in [0.2, 0.25) is 5.82 Å². The highest BCUT2D eigenvalue weighted by Crippen LogP contribution is 2.34. The summed E-state index contributed by atoms with van der Waals surface area (Å²) in [5.41, 5.74) is -1.27. The van der Waals surface area contributed by atoms with Crippen LogP contribution in [0.2, 0.25) is 0 Å². The van der Waals surface area contributed by atoms with E-state index in [4.69, 9.17) is 9.47 Å². The number of halogens is 5. The highest BCUT2D eigenvalue weighted by molar-refractivity contribution is 6.45. The molecule has 0 spiro atoms. The number of aromatic nitrogens is 2. The van der Waals surface area contributed by atoms with Gasteiger partial charge in [-0.25, -0.2) is 4.39 Å². The summed E-state index contributed by atoms with van der Waals surface area (Å²) in [7, 11) is 2.51. The van der Waals surface area contributed by atoms with Crippen molar-refractivity contribution in [2.24, 2.45) is 5.16 Å². The number of amides is 1. The van der Waals surface area contributed by atoms with Crippen LogP contribution in [0.1, 0.15) is 11.1 Å². The van der Waals surface area contributed by atoms with E-state index in [1.807, 2.05) is 0 Å². The van der Waals surface area contributed by atoms with Crippen molar-refractivity contribution in [2.45, 2.75) is 6.18 Å². The van der Waals surface area contributed by atoms with Gasteiger partial charge in [-0.05, 0) is 36.4 Å². The Morgan fingerprint density at radius 1 is 1.00 bits per heavy atom. The fraction of sp³-hybridized carbons (Fsp3) is 0.143. The lowest BCUT2D eigenvalue weighted by molar-refractivity contribution is -0.137. The molecule has 0 atom stereocenters. The second kappa shape index (κ2) is 10.1. The molecule has 1 amide bonds. The van der Waals surface area contributed by atoms with Crippen molar-refractivity contribution in [2.75, 3.05) is 14.2 Å². The highest BCUT2D eigenvalue weighted by Gasteiger charge is 2.30. The molecule has 0 fully saturated rings. The Balaban J connectivity index is 1.93. The molecule has 34 heavy (non-hydrogen) atoms. The third-order valence-electron chi connectivity index (χ3n) is 4.15. The van der Waals surface area contributed by atoms with Crippen molar-refractivity contribution in [1.82, 2.24) is 15.3 Å². The van der Waals surface area contributed by atoms with E-state index in [9.17, 15) is 26.7 Å². The SMILES string of the molecule is CNC(=O)C(=NOC)c1ccc(F)cc1Oc1ncnc(Oc2ccc(C(F)(F)F)cc2)c1F. The molecule has 0 aliphatic carbocycles. The number of rotatable bonds is 7. The van der Waals surface area contributed by atoms with E-state index >= 15 is 0 Å². The minimum Gasteiger partial charge on any atom is -0.436 e. The average molecular weight is 482 g/mol. The largest absolute Gasteiger partial charge is 0.436 e. The second-order valence-corrected chi connectivity index (χ2v) is 6.37. The lowest BCUT2D eigenvalue weighted by Gasteiger charge is -2.13. The molecule has 0 radical (unpaired) electrons. The summed E-state index contributed by atoms with van der Waals surface area (Å²) >= 11 is 0. The molecule has 2 aromatic carbocycles. The molecule has 0 bridgehead atoms. The molecule has 3 aromatic rings. The fourth-order valence-corrected chi connectivity index (χ4v) is 2.61. The van der Waals surface area contributed by atoms with E-state index in [-0.39, 0.29) is 22.8 Å². The standard InChI is InChI=1S/C21H15F5N4O4/c1-27-18(31)17(30-32-2)14-8-5-12(22)9-15(14)34-20-16(23)19(28-10-29-20)33-13-6-3-11(4-7-13)21(24,25)26/h3-10H,1-2H3,(H,27,31). The van der Waals surface area contributed by atoms with Crippen LogP contribution in [0, 0.1) is 11.6 Å². The Labute approximate surface area is 189 Å². The number of likely N-dealkylation sites (N-methyl/N-ethyl adjacent to an activating group) is 1. The molecule has 1 aromatic heterocycles. The zero-order valence-corrected chi connectivity index (χ0v) is 17.5. The first-order valence-electron chi connectivity index (χ1n) is 9.30. The molecule has 1 N–H and O–H groups in total. The van der Waals surface area contributed by atoms with Crippen LogP contribution in [0.3, 0.4) is 0 Å². The Kier molecular flexibility index (Phi) is 7.24. The van der Waals surface area contributed by atoms with E-state index in [2.05, 4.69) is 25.3 Å². The van der Waals surface area contributed by atoms with Gasteiger partial charge in [-0.15, -0.1) is 0 Å². The van der Waals surface area contributed by atoms with Gasteiger partial charge < -0.3 is 19.6 Å². The van der Waals surface area contributed by atoms with E-state index in [1.165, 1.54) is 14.2 Å². The van der Waals surface area contributed by atoms with Crippen molar-refractivity contribution in [3.8, 4) is 23.3 Å². The molecule has 13 heteroatoms. The number of carbonyl (C=O) groups excluding carboxylic acids is 1. The monoisotopic (exact) mass is 482 g/mol. The number of nitrogens with one attached hydrogen (secondary N) is 1. The zero-order chi connectivity index (χ0) is 24.9. The summed E-state index contributed by atoms with van der Waals surface area (Å²) in [5, 5.41) is 5.91. The molecular weight excluding hydrogens is 467 g/mol. The van der Waals surface area contributed by atoms with Crippen molar-refractivity contribution in [1.29, 1.82) is 0 Å². The maximum Gasteiger partial charge on any atom is 0.416 e. The van der Waals surface area contributed by atoms with Crippen molar-refractivity contribution in [3.63, 3.8) is 0 Å². The summed E-state index contributed by atoms with van der Waals surface area (Å²) in [6.07, 6.45) is -3.69. The van der Waals surface area contributed by atoms with E-state index in [0.29, 0.717) is 0 Å². The number of hydrogen-bond acceptors (Lipinski definition) is 7. The molecule has 0 aliphatic heterocycles. The topological polar surface area (TPSA) is 94.9 Å². The highest BCUT2D eigenvalue weighted by atomic mass is 19.4. The van der Waals surface area contributed by atoms with Crippen LogP contribution in [-0.2, 0) is 15.8 Å². The Bertz CT molecular complexity index is 1220. The number of hydrogen-bond donors (Lipinski definition) is 1. The molecule has 0 aliphatic rings. The van der Waals surface area contributed by atoms with Gasteiger partial charge in [-0.1, -0.05) is 5.16 Å². The predicted molar refractivity (Wildman–Crippen MR) is 108 cm³/mol. The lowest BCUT2D eigenvalue weighted by Crippen LogP contribution is -2.29. The quantitative estimate of drug-likeness (QED) is 0.304. The second-order valence-electron chi connectivity index (χ2n) is 6.37. The van der Waals surface area contributed by atoms with Gasteiger partial charge in [0.1, 0.15) is 30.8 Å². The molecule has 178 valence electrons. The maximum atomic E-state index is 14.9. The van der Waals surface area contributed by atoms with Gasteiger partial charge in [0.25, 0.3) is 17.7 Å². The first kappa shape index (κ1) is 24.4. The lowest BCUT2D eigenvalue weighted by atomic mass is 10.1. The molecule has 1 heterocycles. The minimum absolute atomic E-state index is 0.0502. The van der Waals surface area contributed by atoms with Gasteiger partial charge in [-0.3, -0.25) is 4.79 Å². The van der Waals surface area contributed by atoms with Gasteiger partial charge >= 0.3 is 6.18 Å². The van der Waals surface area contributed by atoms with E-state index in [1.54, 1.807) is 0 Å². The van der Waals surface area contributed by atoms with Crippen molar-refractivity contribution >= 4 is 11.6 Å². The summed E-state index contributed by atoms with van der Waals surface area (Å²) in [4.78, 5) is 24.0. The van der Waals surface area contributed by atoms with Crippen LogP contribution in [0.4, 0.5) is 22.0 Å². The van der Waals surface area contributed by atoms with Crippen LogP contribution < -0.4 is 14.8 Å². The first-order chi connectivity index (χ1) is 16.1. The molecular formula is C21H15F5N4O4. The number of ether oxygens (including phenoxy) is 2. The zero-order valence-electron chi connectivity index (χ0n) is 17.5. The van der Waals surface area contributed by atoms with Gasteiger partial charge in [-0.2, -0.15) is 27.5 Å². The van der Waals surface area contributed by atoms with Crippen molar-refractivity contribution in [3.05, 3.63) is 71.6 Å². The molecule has 0 unspecified atom stereocenters. The van der Waals surface area contributed by atoms with Crippen molar-refractivity contribution < 1.29 is 41.1 Å². The number of nitrogens with zero attached hydrogens (tertiary/aromatic N) is 3. The predicted octanol–water partition coefficient (Wildman–Crippen LogP) is 4.45. The molecule has 3 rings (SSSR count). The van der Waals surface area contributed by atoms with E-state index < -0.39 is 41.0 Å². The third-order valence-corrected chi connectivity index (χ3v) is 4.15. The van der Waals surface area contributed by atoms with Crippen LogP contribution in [0.25, 0.3) is 0 Å². The number of alkyl halides is 3. The van der Waals surface area contributed by atoms with Crippen LogP contribution in [-0.4, -0.2) is 35.7 Å². The van der Waals surface area contributed by atoms with Crippen LogP contribution in [0.15, 0.2) is 53.9 Å². The van der Waals surface area contributed by atoms with Crippen LogP contribution in [0.5, 0.6) is 23.3 Å². The number of carbonyl (C=O) groups is 1. The van der Waals surface area contributed by atoms with E-state index in [0.717, 1.165) is 48.8 Å². The molecule has 8 nitrogen and oxygen atoms in total.